The smallest absolute Gasteiger partial charge is 0.329 e. The lowest BCUT2D eigenvalue weighted by Crippen LogP contribution is -2.60. The van der Waals surface area contributed by atoms with E-state index in [0.29, 0.717) is 11.1 Å². The second-order valence-electron chi connectivity index (χ2n) is 8.98. The van der Waals surface area contributed by atoms with Crippen LogP contribution in [0.4, 0.5) is 5.69 Å². The molecular formula is C26H29NO12. The van der Waals surface area contributed by atoms with Gasteiger partial charge in [0, 0.05) is 18.6 Å². The third-order valence-electron chi connectivity index (χ3n) is 6.57. The number of phenolic OH excluding ortho intramolecular Hbond substituents is 2. The number of benzene rings is 2. The van der Waals surface area contributed by atoms with Gasteiger partial charge < -0.3 is 49.6 Å². The lowest BCUT2D eigenvalue weighted by Gasteiger charge is -2.39. The number of aromatic hydroxyl groups is 2. The number of esters is 1. The average Bonchev–Trinajstić information content (AvgIpc) is 3.30. The Bertz CT molecular complexity index is 1260. The molecule has 0 bridgehead atoms. The molecule has 0 saturated carbocycles. The van der Waals surface area contributed by atoms with Crippen molar-refractivity contribution < 1.29 is 59.2 Å². The summed E-state index contributed by atoms with van der Waals surface area (Å²) in [6, 6.07) is 5.97. The first-order valence-electron chi connectivity index (χ1n) is 11.9. The van der Waals surface area contributed by atoms with Crippen molar-refractivity contribution in [2.24, 2.45) is 0 Å². The molecule has 210 valence electrons. The Labute approximate surface area is 222 Å². The lowest BCUT2D eigenvalue weighted by atomic mass is 9.99. The maximum Gasteiger partial charge on any atom is 0.329 e. The predicted octanol–water partition coefficient (Wildman–Crippen LogP) is -0.571. The Kier molecular flexibility index (Phi) is 8.28. The van der Waals surface area contributed by atoms with Crippen LogP contribution in [-0.4, -0.2) is 100 Å². The molecule has 4 rings (SSSR count). The van der Waals surface area contributed by atoms with Gasteiger partial charge in [-0.25, -0.2) is 4.79 Å². The van der Waals surface area contributed by atoms with Crippen molar-refractivity contribution in [1.29, 1.82) is 0 Å². The number of aliphatic hydroxyl groups is 4. The van der Waals surface area contributed by atoms with Crippen LogP contribution in [0.3, 0.4) is 0 Å². The summed E-state index contributed by atoms with van der Waals surface area (Å²) < 4.78 is 20.9. The van der Waals surface area contributed by atoms with Crippen molar-refractivity contribution in [3.05, 3.63) is 47.5 Å². The van der Waals surface area contributed by atoms with Gasteiger partial charge in [0.1, 0.15) is 30.5 Å². The molecule has 1 saturated heterocycles. The Morgan fingerprint density at radius 2 is 1.77 bits per heavy atom. The van der Waals surface area contributed by atoms with Crippen molar-refractivity contribution in [2.75, 3.05) is 25.7 Å². The molecule has 6 unspecified atom stereocenters. The van der Waals surface area contributed by atoms with Crippen molar-refractivity contribution in [2.45, 2.75) is 43.2 Å². The molecule has 6 atom stereocenters. The maximum atomic E-state index is 13.3. The van der Waals surface area contributed by atoms with E-state index in [-0.39, 0.29) is 29.4 Å². The fraction of sp³-hybridized carbons (Fsp3) is 0.385. The lowest BCUT2D eigenvalue weighted by molar-refractivity contribution is -0.277. The van der Waals surface area contributed by atoms with E-state index in [0.717, 1.165) is 4.90 Å². The molecule has 2 heterocycles. The number of nitrogens with zero attached hydrogens (tertiary/aromatic N) is 1. The van der Waals surface area contributed by atoms with Crippen LogP contribution in [0.2, 0.25) is 0 Å². The number of carbonyl (C=O) groups is 2. The number of phenols is 2. The third kappa shape index (κ3) is 5.48. The monoisotopic (exact) mass is 547 g/mol. The number of methoxy groups -OCH3 is 2. The summed E-state index contributed by atoms with van der Waals surface area (Å²) in [7, 11) is 2.56. The molecule has 13 nitrogen and oxygen atoms in total. The highest BCUT2D eigenvalue weighted by Crippen LogP contribution is 2.42. The van der Waals surface area contributed by atoms with Gasteiger partial charge >= 0.3 is 5.97 Å². The van der Waals surface area contributed by atoms with Gasteiger partial charge in [0.2, 0.25) is 6.29 Å². The summed E-state index contributed by atoms with van der Waals surface area (Å²) in [6.45, 7) is -0.677. The molecule has 0 radical (unpaired) electrons. The molecule has 0 aromatic heterocycles. The number of aliphatic hydroxyl groups excluding tert-OH is 4. The predicted molar refractivity (Wildman–Crippen MR) is 133 cm³/mol. The normalized spacial score (nSPS) is 26.4. The summed E-state index contributed by atoms with van der Waals surface area (Å²) in [5.41, 5.74) is 1.17. The zero-order valence-corrected chi connectivity index (χ0v) is 21.0. The first-order chi connectivity index (χ1) is 18.6. The molecule has 2 aliphatic rings. The zero-order chi connectivity index (χ0) is 28.4. The minimum atomic E-state index is -1.73. The minimum Gasteiger partial charge on any atom is -0.504 e. The Morgan fingerprint density at radius 1 is 1.03 bits per heavy atom. The molecule has 1 amide bonds. The summed E-state index contributed by atoms with van der Waals surface area (Å²) in [5, 5.41) is 60.1. The number of carbonyl (C=O) groups excluding carboxylic acids is 2. The van der Waals surface area contributed by atoms with Crippen molar-refractivity contribution in [1.82, 2.24) is 0 Å². The molecule has 2 aromatic carbocycles. The number of hydrogen-bond donors (Lipinski definition) is 6. The van der Waals surface area contributed by atoms with Gasteiger partial charge in [-0.1, -0.05) is 6.07 Å². The third-order valence-corrected chi connectivity index (χ3v) is 6.57. The van der Waals surface area contributed by atoms with Crippen molar-refractivity contribution in [3.8, 4) is 23.0 Å². The molecule has 2 aliphatic heterocycles. The van der Waals surface area contributed by atoms with E-state index in [1.54, 1.807) is 6.07 Å². The molecule has 1 fully saturated rings. The van der Waals surface area contributed by atoms with Gasteiger partial charge in [0.25, 0.3) is 5.91 Å². The van der Waals surface area contributed by atoms with Gasteiger partial charge in [0.05, 0.1) is 26.5 Å². The van der Waals surface area contributed by atoms with Gasteiger partial charge in [-0.3, -0.25) is 9.69 Å². The Balaban J connectivity index is 1.65. The number of fused-ring (bicyclic) bond motifs is 1. The number of amides is 1. The van der Waals surface area contributed by atoms with Crippen LogP contribution in [-0.2, 0) is 25.5 Å². The summed E-state index contributed by atoms with van der Waals surface area (Å²) in [6.07, 6.45) is -5.17. The maximum absolute atomic E-state index is 13.3. The van der Waals surface area contributed by atoms with E-state index in [9.17, 15) is 40.2 Å². The van der Waals surface area contributed by atoms with Gasteiger partial charge in [0.15, 0.2) is 23.0 Å². The highest BCUT2D eigenvalue weighted by molar-refractivity contribution is 6.09. The fourth-order valence-electron chi connectivity index (χ4n) is 4.48. The molecule has 6 N–H and O–H groups in total. The first kappa shape index (κ1) is 28.1. The van der Waals surface area contributed by atoms with Crippen molar-refractivity contribution >= 4 is 23.6 Å². The van der Waals surface area contributed by atoms with Crippen LogP contribution in [0.5, 0.6) is 23.0 Å². The highest BCUT2D eigenvalue weighted by atomic mass is 16.7. The molecule has 2 aromatic rings. The Morgan fingerprint density at radius 3 is 2.44 bits per heavy atom. The molecule has 0 spiro atoms. The molecule has 0 aliphatic carbocycles. The SMILES string of the molecule is COC(=O)C1Cc2cc(O)c(OC3OC(CO)C(O)C(O)C3O)cc2N1C(=O)C=Cc1ccc(O)c(OC)c1. The zero-order valence-electron chi connectivity index (χ0n) is 21.0. The molecule has 39 heavy (non-hydrogen) atoms. The van der Waals surface area contributed by atoms with Crippen LogP contribution in [0.15, 0.2) is 36.4 Å². The Hall–Kier alpha value is -3.88. The number of rotatable bonds is 7. The van der Waals surface area contributed by atoms with E-state index in [2.05, 4.69) is 0 Å². The van der Waals surface area contributed by atoms with Crippen molar-refractivity contribution in [3.63, 3.8) is 0 Å². The van der Waals surface area contributed by atoms with E-state index >= 15 is 0 Å². The van der Waals surface area contributed by atoms with Crippen LogP contribution in [0.25, 0.3) is 6.08 Å². The number of anilines is 1. The van der Waals surface area contributed by atoms with E-state index in [1.807, 2.05) is 0 Å². The van der Waals surface area contributed by atoms with E-state index in [4.69, 9.17) is 18.9 Å². The summed E-state index contributed by atoms with van der Waals surface area (Å²) >= 11 is 0. The van der Waals surface area contributed by atoms with Gasteiger partial charge in [-0.15, -0.1) is 0 Å². The quantitative estimate of drug-likeness (QED) is 0.191. The summed E-state index contributed by atoms with van der Waals surface area (Å²) in [5.74, 6) is -1.85. The van der Waals surface area contributed by atoms with Crippen LogP contribution in [0.1, 0.15) is 11.1 Å². The molecular weight excluding hydrogens is 518 g/mol. The van der Waals surface area contributed by atoms with Crippen LogP contribution in [0, 0.1) is 0 Å². The summed E-state index contributed by atoms with van der Waals surface area (Å²) in [4.78, 5) is 27.0. The fourth-order valence-corrected chi connectivity index (χ4v) is 4.48. The second-order valence-corrected chi connectivity index (χ2v) is 8.98. The van der Waals surface area contributed by atoms with Crippen LogP contribution >= 0.6 is 0 Å². The van der Waals surface area contributed by atoms with Gasteiger partial charge in [-0.2, -0.15) is 0 Å². The topological polar surface area (TPSA) is 196 Å². The van der Waals surface area contributed by atoms with E-state index < -0.39 is 61.0 Å². The first-order valence-corrected chi connectivity index (χ1v) is 11.9. The highest BCUT2D eigenvalue weighted by Gasteiger charge is 2.45. The second kappa shape index (κ2) is 11.5. The van der Waals surface area contributed by atoms with Crippen LogP contribution < -0.4 is 14.4 Å². The largest absolute Gasteiger partial charge is 0.504 e. The standard InChI is InChI=1S/C26H29NO12/c1-36-18-7-12(3-5-16(18)29)4-6-21(31)27-14-10-19(17(30)9-13(14)8-15(27)25(35)37-2)38-26-24(34)23(33)22(32)20(11-28)39-26/h3-7,9-10,15,20,22-24,26,28-30,32-34H,8,11H2,1-2H3. The number of hydrogen-bond acceptors (Lipinski definition) is 12. The van der Waals surface area contributed by atoms with Gasteiger partial charge in [-0.05, 0) is 35.4 Å². The number of ether oxygens (including phenoxy) is 4. The average molecular weight is 548 g/mol. The molecule has 13 heteroatoms. The van der Waals surface area contributed by atoms with E-state index in [1.165, 1.54) is 50.6 Å². The minimum absolute atomic E-state index is 0.0303.